The number of anilines is 1. The Morgan fingerprint density at radius 2 is 1.94 bits per heavy atom. The quantitative estimate of drug-likeness (QED) is 0.791. The van der Waals surface area contributed by atoms with Gasteiger partial charge in [0.1, 0.15) is 17.6 Å². The molecule has 0 spiro atoms. The molecule has 0 bridgehead atoms. The highest BCUT2D eigenvalue weighted by molar-refractivity contribution is 5.50. The van der Waals surface area contributed by atoms with Gasteiger partial charge in [-0.3, -0.25) is 0 Å². The summed E-state index contributed by atoms with van der Waals surface area (Å²) in [6.45, 7) is 5.25. The number of nitrogens with two attached hydrogens (primary N) is 1. The van der Waals surface area contributed by atoms with Crippen LogP contribution in [0.5, 0.6) is 11.5 Å². The van der Waals surface area contributed by atoms with Gasteiger partial charge in [0, 0.05) is 23.9 Å². The van der Waals surface area contributed by atoms with E-state index < -0.39 is 0 Å². The lowest BCUT2D eigenvalue weighted by molar-refractivity contribution is -0.0797. The third kappa shape index (κ3) is 2.79. The maximum Gasteiger partial charge on any atom is 0.145 e. The summed E-state index contributed by atoms with van der Waals surface area (Å²) in [5.74, 6) is 1.48. The van der Waals surface area contributed by atoms with Crippen LogP contribution >= 0.6 is 0 Å². The molecule has 1 fully saturated rings. The Kier molecular flexibility index (Phi) is 3.19. The Labute approximate surface area is 95.3 Å². The zero-order valence-corrected chi connectivity index (χ0v) is 9.60. The van der Waals surface area contributed by atoms with Gasteiger partial charge in [0.25, 0.3) is 0 Å². The second-order valence-corrected chi connectivity index (χ2v) is 4.18. The van der Waals surface area contributed by atoms with Gasteiger partial charge in [0.15, 0.2) is 0 Å². The van der Waals surface area contributed by atoms with Crippen molar-refractivity contribution in [3.63, 3.8) is 0 Å². The first-order valence-electron chi connectivity index (χ1n) is 5.45. The Balaban J connectivity index is 2.08. The van der Waals surface area contributed by atoms with E-state index in [1.54, 1.807) is 12.1 Å². The van der Waals surface area contributed by atoms with Crippen molar-refractivity contribution in [3.8, 4) is 11.5 Å². The van der Waals surface area contributed by atoms with Crippen molar-refractivity contribution < 1.29 is 14.2 Å². The largest absolute Gasteiger partial charge is 0.491 e. The first kappa shape index (κ1) is 11.1. The second-order valence-electron chi connectivity index (χ2n) is 4.18. The molecule has 4 heteroatoms. The SMILES string of the molecule is CC(C)Oc1cc(N)cc(OC2COC2)c1. The van der Waals surface area contributed by atoms with Gasteiger partial charge >= 0.3 is 0 Å². The number of rotatable bonds is 4. The van der Waals surface area contributed by atoms with Gasteiger partial charge in [-0.25, -0.2) is 0 Å². The predicted molar refractivity (Wildman–Crippen MR) is 61.9 cm³/mol. The highest BCUT2D eigenvalue weighted by atomic mass is 16.6. The summed E-state index contributed by atoms with van der Waals surface area (Å²) in [4.78, 5) is 0. The highest BCUT2D eigenvalue weighted by Crippen LogP contribution is 2.26. The van der Waals surface area contributed by atoms with Crippen molar-refractivity contribution in [2.75, 3.05) is 18.9 Å². The van der Waals surface area contributed by atoms with Crippen LogP contribution in [0, 0.1) is 0 Å². The fourth-order valence-electron chi connectivity index (χ4n) is 1.48. The van der Waals surface area contributed by atoms with Crippen LogP contribution in [0.4, 0.5) is 5.69 Å². The molecule has 0 unspecified atom stereocenters. The number of nitrogen functional groups attached to an aromatic ring is 1. The van der Waals surface area contributed by atoms with Crippen LogP contribution in [0.15, 0.2) is 18.2 Å². The van der Waals surface area contributed by atoms with Gasteiger partial charge in [-0.05, 0) is 13.8 Å². The Morgan fingerprint density at radius 3 is 2.50 bits per heavy atom. The molecule has 1 aromatic carbocycles. The molecule has 0 radical (unpaired) electrons. The standard InChI is InChI=1S/C12H17NO3/c1-8(2)15-10-3-9(13)4-11(5-10)16-12-6-14-7-12/h3-5,8,12H,6-7,13H2,1-2H3. The zero-order valence-electron chi connectivity index (χ0n) is 9.60. The van der Waals surface area contributed by atoms with Gasteiger partial charge in [0.05, 0.1) is 19.3 Å². The fourth-order valence-corrected chi connectivity index (χ4v) is 1.48. The van der Waals surface area contributed by atoms with Crippen molar-refractivity contribution in [3.05, 3.63) is 18.2 Å². The van der Waals surface area contributed by atoms with Crippen LogP contribution in [-0.2, 0) is 4.74 Å². The molecule has 4 nitrogen and oxygen atoms in total. The molecular weight excluding hydrogens is 206 g/mol. The summed E-state index contributed by atoms with van der Waals surface area (Å²) in [5.41, 5.74) is 6.43. The Hall–Kier alpha value is -1.42. The summed E-state index contributed by atoms with van der Waals surface area (Å²) >= 11 is 0. The molecule has 1 aromatic rings. The summed E-state index contributed by atoms with van der Waals surface area (Å²) in [6, 6.07) is 5.45. The molecule has 1 aliphatic rings. The number of hydrogen-bond acceptors (Lipinski definition) is 4. The maximum absolute atomic E-state index is 5.78. The van der Waals surface area contributed by atoms with Gasteiger partial charge in [-0.1, -0.05) is 0 Å². The second kappa shape index (κ2) is 4.61. The van der Waals surface area contributed by atoms with Crippen LogP contribution < -0.4 is 15.2 Å². The lowest BCUT2D eigenvalue weighted by atomic mass is 10.2. The van der Waals surface area contributed by atoms with Crippen molar-refractivity contribution >= 4 is 5.69 Å². The average Bonchev–Trinajstić information content (AvgIpc) is 2.09. The molecule has 88 valence electrons. The molecule has 0 atom stereocenters. The third-order valence-electron chi connectivity index (χ3n) is 2.18. The van der Waals surface area contributed by atoms with E-state index in [0.29, 0.717) is 18.9 Å². The molecule has 0 amide bonds. The van der Waals surface area contributed by atoms with Crippen LogP contribution in [0.25, 0.3) is 0 Å². The number of benzene rings is 1. The molecule has 1 aliphatic heterocycles. The van der Waals surface area contributed by atoms with Crippen molar-refractivity contribution in [1.29, 1.82) is 0 Å². The first-order valence-corrected chi connectivity index (χ1v) is 5.45. The molecule has 2 rings (SSSR count). The van der Waals surface area contributed by atoms with E-state index in [4.69, 9.17) is 19.9 Å². The lowest BCUT2D eigenvalue weighted by Gasteiger charge is -2.27. The smallest absolute Gasteiger partial charge is 0.145 e. The van der Waals surface area contributed by atoms with Crippen molar-refractivity contribution in [2.45, 2.75) is 26.1 Å². The van der Waals surface area contributed by atoms with Crippen molar-refractivity contribution in [1.82, 2.24) is 0 Å². The van der Waals surface area contributed by atoms with E-state index in [1.165, 1.54) is 0 Å². The Morgan fingerprint density at radius 1 is 1.25 bits per heavy atom. The van der Waals surface area contributed by atoms with Gasteiger partial charge < -0.3 is 19.9 Å². The number of ether oxygens (including phenoxy) is 3. The Bertz CT molecular complexity index is 361. The van der Waals surface area contributed by atoms with Crippen LogP contribution in [0.3, 0.4) is 0 Å². The van der Waals surface area contributed by atoms with E-state index in [0.717, 1.165) is 11.5 Å². The molecule has 0 saturated carbocycles. The monoisotopic (exact) mass is 223 g/mol. The van der Waals surface area contributed by atoms with E-state index in [2.05, 4.69) is 0 Å². The van der Waals surface area contributed by atoms with Gasteiger partial charge in [-0.15, -0.1) is 0 Å². The minimum Gasteiger partial charge on any atom is -0.491 e. The molecule has 0 aromatic heterocycles. The molecule has 1 saturated heterocycles. The van der Waals surface area contributed by atoms with Crippen LogP contribution in [0.2, 0.25) is 0 Å². The summed E-state index contributed by atoms with van der Waals surface area (Å²) < 4.78 is 16.3. The van der Waals surface area contributed by atoms with Crippen LogP contribution in [0.1, 0.15) is 13.8 Å². The molecule has 0 aliphatic carbocycles. The molecular formula is C12H17NO3. The van der Waals surface area contributed by atoms with Crippen LogP contribution in [-0.4, -0.2) is 25.4 Å². The molecule has 16 heavy (non-hydrogen) atoms. The van der Waals surface area contributed by atoms with E-state index in [-0.39, 0.29) is 12.2 Å². The average molecular weight is 223 g/mol. The van der Waals surface area contributed by atoms with Gasteiger partial charge in [-0.2, -0.15) is 0 Å². The predicted octanol–water partition coefficient (Wildman–Crippen LogP) is 1.83. The van der Waals surface area contributed by atoms with Gasteiger partial charge in [0.2, 0.25) is 0 Å². The summed E-state index contributed by atoms with van der Waals surface area (Å²) in [7, 11) is 0. The zero-order chi connectivity index (χ0) is 11.5. The van der Waals surface area contributed by atoms with E-state index in [1.807, 2.05) is 19.9 Å². The van der Waals surface area contributed by atoms with Crippen molar-refractivity contribution in [2.24, 2.45) is 0 Å². The summed E-state index contributed by atoms with van der Waals surface area (Å²) in [6.07, 6.45) is 0.274. The number of hydrogen-bond donors (Lipinski definition) is 1. The minimum atomic E-state index is 0.127. The maximum atomic E-state index is 5.78. The summed E-state index contributed by atoms with van der Waals surface area (Å²) in [5, 5.41) is 0. The normalized spacial score (nSPS) is 15.9. The van der Waals surface area contributed by atoms with E-state index >= 15 is 0 Å². The molecule has 2 N–H and O–H groups in total. The molecule has 1 heterocycles. The first-order chi connectivity index (χ1) is 7.63. The fraction of sp³-hybridized carbons (Fsp3) is 0.500. The lowest BCUT2D eigenvalue weighted by Crippen LogP contribution is -2.38. The topological polar surface area (TPSA) is 53.7 Å². The van der Waals surface area contributed by atoms with E-state index in [9.17, 15) is 0 Å². The highest BCUT2D eigenvalue weighted by Gasteiger charge is 2.20. The third-order valence-corrected chi connectivity index (χ3v) is 2.18. The minimum absolute atomic E-state index is 0.127.